The molecule has 1 fully saturated rings. The van der Waals surface area contributed by atoms with Gasteiger partial charge in [0, 0.05) is 37.8 Å². The minimum atomic E-state index is -0.260. The zero-order valence-corrected chi connectivity index (χ0v) is 18.5. The molecule has 1 aliphatic rings. The summed E-state index contributed by atoms with van der Waals surface area (Å²) >= 11 is 1.53. The lowest BCUT2D eigenvalue weighted by molar-refractivity contribution is -0.123. The monoisotopic (exact) mass is 438 g/mol. The molecule has 0 saturated carbocycles. The average Bonchev–Trinajstić information content (AvgIpc) is 3.42. The number of thiazole rings is 1. The summed E-state index contributed by atoms with van der Waals surface area (Å²) in [7, 11) is 0. The summed E-state index contributed by atoms with van der Waals surface area (Å²) in [5.41, 5.74) is 1.63. The highest BCUT2D eigenvalue weighted by atomic mass is 32.1. The highest BCUT2D eigenvalue weighted by Crippen LogP contribution is 2.23. The number of amides is 2. The van der Waals surface area contributed by atoms with Gasteiger partial charge in [0.2, 0.25) is 5.91 Å². The van der Waals surface area contributed by atoms with E-state index in [0.717, 1.165) is 16.3 Å². The van der Waals surface area contributed by atoms with Crippen molar-refractivity contribution in [3.05, 3.63) is 75.6 Å². The zero-order valence-electron chi connectivity index (χ0n) is 17.7. The van der Waals surface area contributed by atoms with Crippen molar-refractivity contribution in [1.82, 2.24) is 20.1 Å². The quantitative estimate of drug-likeness (QED) is 0.640. The third-order valence-corrected chi connectivity index (χ3v) is 6.28. The summed E-state index contributed by atoms with van der Waals surface area (Å²) in [5.74, 6) is 1.33. The molecule has 1 aliphatic heterocycles. The molecule has 1 unspecified atom stereocenters. The standard InChI is InChI=1S/C23H26N4O3S/c1-16-14-19(17(2)30-16)23(29)27-11-9-26(10-12-27)15-20(28)25-21(22-24-8-13-31-22)18-6-4-3-5-7-18/h3-8,13-14,21H,9-12,15H2,1-2H3,(H,25,28). The van der Waals surface area contributed by atoms with Gasteiger partial charge in [0.25, 0.3) is 5.91 Å². The predicted octanol–water partition coefficient (Wildman–Crippen LogP) is 3.02. The van der Waals surface area contributed by atoms with Crippen LogP contribution in [0.15, 0.2) is 52.4 Å². The van der Waals surface area contributed by atoms with Gasteiger partial charge in [-0.3, -0.25) is 14.5 Å². The molecule has 7 nitrogen and oxygen atoms in total. The summed E-state index contributed by atoms with van der Waals surface area (Å²) in [6, 6.07) is 11.4. The van der Waals surface area contributed by atoms with Gasteiger partial charge in [0.15, 0.2) is 0 Å². The molecule has 0 aliphatic carbocycles. The van der Waals surface area contributed by atoms with Gasteiger partial charge in [-0.1, -0.05) is 30.3 Å². The first kappa shape index (κ1) is 21.3. The molecule has 0 spiro atoms. The number of carbonyl (C=O) groups is 2. The molecule has 3 aromatic rings. The van der Waals surface area contributed by atoms with Gasteiger partial charge >= 0.3 is 0 Å². The Hall–Kier alpha value is -2.97. The van der Waals surface area contributed by atoms with E-state index < -0.39 is 0 Å². The van der Waals surface area contributed by atoms with Crippen molar-refractivity contribution in [3.63, 3.8) is 0 Å². The van der Waals surface area contributed by atoms with E-state index in [0.29, 0.717) is 44.0 Å². The average molecular weight is 439 g/mol. The summed E-state index contributed by atoms with van der Waals surface area (Å²) in [6.07, 6.45) is 1.75. The van der Waals surface area contributed by atoms with Crippen molar-refractivity contribution in [3.8, 4) is 0 Å². The second-order valence-electron chi connectivity index (χ2n) is 7.68. The van der Waals surface area contributed by atoms with Crippen LogP contribution in [-0.4, -0.2) is 59.3 Å². The number of rotatable bonds is 6. The maximum absolute atomic E-state index is 12.8. The molecule has 2 amide bonds. The molecule has 1 saturated heterocycles. The molecule has 31 heavy (non-hydrogen) atoms. The Morgan fingerprint density at radius 2 is 1.90 bits per heavy atom. The third kappa shape index (κ3) is 5.03. The van der Waals surface area contributed by atoms with E-state index in [-0.39, 0.29) is 17.9 Å². The lowest BCUT2D eigenvalue weighted by atomic mass is 10.1. The summed E-state index contributed by atoms with van der Waals surface area (Å²) < 4.78 is 5.49. The number of hydrogen-bond acceptors (Lipinski definition) is 6. The first-order valence-corrected chi connectivity index (χ1v) is 11.2. The number of nitrogens with one attached hydrogen (secondary N) is 1. The number of benzene rings is 1. The number of aryl methyl sites for hydroxylation is 2. The summed E-state index contributed by atoms with van der Waals surface area (Å²) in [6.45, 7) is 6.43. The summed E-state index contributed by atoms with van der Waals surface area (Å²) in [5, 5.41) is 5.90. The van der Waals surface area contributed by atoms with E-state index in [9.17, 15) is 9.59 Å². The molecule has 162 valence electrons. The minimum absolute atomic E-state index is 0.00800. The second-order valence-corrected chi connectivity index (χ2v) is 8.60. The number of piperazine rings is 1. The molecule has 3 heterocycles. The maximum Gasteiger partial charge on any atom is 0.257 e. The first-order chi connectivity index (χ1) is 15.0. The zero-order chi connectivity index (χ0) is 21.8. The molecule has 4 rings (SSSR count). The molecular weight excluding hydrogens is 412 g/mol. The first-order valence-electron chi connectivity index (χ1n) is 10.3. The van der Waals surface area contributed by atoms with E-state index in [2.05, 4.69) is 15.2 Å². The Kier molecular flexibility index (Phi) is 6.48. The van der Waals surface area contributed by atoms with Crippen LogP contribution in [-0.2, 0) is 4.79 Å². The van der Waals surface area contributed by atoms with Crippen LogP contribution in [0.4, 0.5) is 0 Å². The van der Waals surface area contributed by atoms with Gasteiger partial charge in [-0.05, 0) is 25.5 Å². The third-order valence-electron chi connectivity index (χ3n) is 5.43. The van der Waals surface area contributed by atoms with Gasteiger partial charge in [-0.25, -0.2) is 4.98 Å². The van der Waals surface area contributed by atoms with Crippen molar-refractivity contribution >= 4 is 23.2 Å². The lowest BCUT2D eigenvalue weighted by Crippen LogP contribution is -2.51. The highest BCUT2D eigenvalue weighted by molar-refractivity contribution is 7.09. The van der Waals surface area contributed by atoms with Crippen molar-refractivity contribution < 1.29 is 14.0 Å². The number of aromatic nitrogens is 1. The Labute approximate surface area is 185 Å². The number of nitrogens with zero attached hydrogens (tertiary/aromatic N) is 3. The largest absolute Gasteiger partial charge is 0.466 e. The van der Waals surface area contributed by atoms with Crippen LogP contribution in [0.25, 0.3) is 0 Å². The normalized spacial score (nSPS) is 15.6. The van der Waals surface area contributed by atoms with Crippen LogP contribution < -0.4 is 5.32 Å². The van der Waals surface area contributed by atoms with E-state index in [1.54, 1.807) is 12.3 Å². The second kappa shape index (κ2) is 9.45. The SMILES string of the molecule is Cc1cc(C(=O)N2CCN(CC(=O)NC(c3ccccc3)c3nccs3)CC2)c(C)o1. The van der Waals surface area contributed by atoms with Crippen LogP contribution >= 0.6 is 11.3 Å². The molecule has 1 aromatic carbocycles. The fraction of sp³-hybridized carbons (Fsp3) is 0.348. The van der Waals surface area contributed by atoms with Crippen LogP contribution in [0.3, 0.4) is 0 Å². The fourth-order valence-corrected chi connectivity index (χ4v) is 4.56. The van der Waals surface area contributed by atoms with E-state index in [4.69, 9.17) is 4.42 Å². The van der Waals surface area contributed by atoms with Gasteiger partial charge in [0.05, 0.1) is 12.1 Å². The molecule has 1 atom stereocenters. The van der Waals surface area contributed by atoms with Gasteiger partial charge in [-0.2, -0.15) is 0 Å². The lowest BCUT2D eigenvalue weighted by Gasteiger charge is -2.34. The Balaban J connectivity index is 1.33. The maximum atomic E-state index is 12.8. The molecule has 2 aromatic heterocycles. The fourth-order valence-electron chi connectivity index (χ4n) is 3.84. The topological polar surface area (TPSA) is 78.7 Å². The van der Waals surface area contributed by atoms with Crippen LogP contribution in [0.2, 0.25) is 0 Å². The number of carbonyl (C=O) groups excluding carboxylic acids is 2. The molecule has 8 heteroatoms. The Morgan fingerprint density at radius 3 is 2.52 bits per heavy atom. The Bertz CT molecular complexity index is 1020. The molecule has 0 radical (unpaired) electrons. The van der Waals surface area contributed by atoms with Crippen LogP contribution in [0.1, 0.15) is 38.5 Å². The minimum Gasteiger partial charge on any atom is -0.466 e. The number of hydrogen-bond donors (Lipinski definition) is 1. The van der Waals surface area contributed by atoms with Crippen molar-refractivity contribution in [1.29, 1.82) is 0 Å². The smallest absolute Gasteiger partial charge is 0.257 e. The molecule has 1 N–H and O–H groups in total. The van der Waals surface area contributed by atoms with Crippen LogP contribution in [0, 0.1) is 13.8 Å². The van der Waals surface area contributed by atoms with Gasteiger partial charge in [-0.15, -0.1) is 11.3 Å². The molecular formula is C23H26N4O3S. The molecule has 0 bridgehead atoms. The van der Waals surface area contributed by atoms with E-state index in [1.165, 1.54) is 11.3 Å². The van der Waals surface area contributed by atoms with Crippen molar-refractivity contribution in [2.75, 3.05) is 32.7 Å². The van der Waals surface area contributed by atoms with Gasteiger partial charge in [0.1, 0.15) is 22.6 Å². The van der Waals surface area contributed by atoms with E-state index in [1.807, 2.05) is 54.5 Å². The van der Waals surface area contributed by atoms with Crippen molar-refractivity contribution in [2.24, 2.45) is 0 Å². The summed E-state index contributed by atoms with van der Waals surface area (Å²) in [4.78, 5) is 33.9. The van der Waals surface area contributed by atoms with Gasteiger partial charge < -0.3 is 14.6 Å². The van der Waals surface area contributed by atoms with E-state index >= 15 is 0 Å². The Morgan fingerprint density at radius 1 is 1.16 bits per heavy atom. The predicted molar refractivity (Wildman–Crippen MR) is 119 cm³/mol. The van der Waals surface area contributed by atoms with Crippen LogP contribution in [0.5, 0.6) is 0 Å². The number of furan rings is 1. The van der Waals surface area contributed by atoms with Crippen molar-refractivity contribution in [2.45, 2.75) is 19.9 Å². The highest BCUT2D eigenvalue weighted by Gasteiger charge is 2.26.